The van der Waals surface area contributed by atoms with Gasteiger partial charge in [-0.2, -0.15) is 0 Å². The van der Waals surface area contributed by atoms with Crippen molar-refractivity contribution in [2.45, 2.75) is 17.7 Å². The Balaban J connectivity index is 1.31. The van der Waals surface area contributed by atoms with E-state index in [-0.39, 0.29) is 29.0 Å². The van der Waals surface area contributed by atoms with Crippen molar-refractivity contribution < 1.29 is 22.6 Å². The first-order valence-corrected chi connectivity index (χ1v) is 11.3. The van der Waals surface area contributed by atoms with Crippen LogP contribution in [0.5, 0.6) is 0 Å². The molecule has 0 radical (unpaired) electrons. The number of sulfonamides is 1. The maximum Gasteiger partial charge on any atom is 0.289 e. The van der Waals surface area contributed by atoms with E-state index in [1.54, 1.807) is 11.0 Å². The summed E-state index contributed by atoms with van der Waals surface area (Å²) in [5, 5.41) is 11.6. The van der Waals surface area contributed by atoms with Gasteiger partial charge in [-0.25, -0.2) is 13.1 Å². The number of piperidine rings is 1. The standard InChI is InChI=1S/C21H21N3O6S/c25-21(20-13-16-3-1-2-4-19(16)30-20)23-11-9-15(10-12-23)14-22-31(28,29)18-7-5-17(6-8-18)24(26)27/h1-8,13,15,22H,9-12,14H2. The van der Waals surface area contributed by atoms with Crippen molar-refractivity contribution in [2.75, 3.05) is 19.6 Å². The largest absolute Gasteiger partial charge is 0.451 e. The molecule has 0 aliphatic carbocycles. The van der Waals surface area contributed by atoms with Crippen LogP contribution in [0.1, 0.15) is 23.4 Å². The highest BCUT2D eigenvalue weighted by Gasteiger charge is 2.27. The fourth-order valence-electron chi connectivity index (χ4n) is 3.64. The molecule has 0 spiro atoms. The predicted octanol–water partition coefficient (Wildman–Crippen LogP) is 3.17. The zero-order chi connectivity index (χ0) is 22.0. The molecule has 0 atom stereocenters. The van der Waals surface area contributed by atoms with Crippen LogP contribution in [-0.4, -0.2) is 43.8 Å². The molecule has 162 valence electrons. The molecule has 1 saturated heterocycles. The highest BCUT2D eigenvalue weighted by atomic mass is 32.2. The lowest BCUT2D eigenvalue weighted by Gasteiger charge is -2.31. The molecule has 1 fully saturated rings. The summed E-state index contributed by atoms with van der Waals surface area (Å²) >= 11 is 0. The van der Waals surface area contributed by atoms with Crippen molar-refractivity contribution in [3.8, 4) is 0 Å². The van der Waals surface area contributed by atoms with Crippen LogP contribution in [-0.2, 0) is 10.0 Å². The zero-order valence-corrected chi connectivity index (χ0v) is 17.4. The normalized spacial score (nSPS) is 15.3. The molecule has 2 aromatic carbocycles. The van der Waals surface area contributed by atoms with Gasteiger partial charge in [0.15, 0.2) is 5.76 Å². The molecule has 4 rings (SSSR count). The van der Waals surface area contributed by atoms with Gasteiger partial charge in [0.1, 0.15) is 5.58 Å². The van der Waals surface area contributed by atoms with Crippen LogP contribution < -0.4 is 4.72 Å². The maximum absolute atomic E-state index is 12.7. The van der Waals surface area contributed by atoms with E-state index >= 15 is 0 Å². The summed E-state index contributed by atoms with van der Waals surface area (Å²) in [6, 6.07) is 13.9. The number of carbonyl (C=O) groups excluding carboxylic acids is 1. The van der Waals surface area contributed by atoms with Crippen LogP contribution in [0.15, 0.2) is 63.9 Å². The second-order valence-electron chi connectivity index (χ2n) is 7.49. The number of nitrogens with zero attached hydrogens (tertiary/aromatic N) is 2. The molecule has 3 aromatic rings. The Morgan fingerprint density at radius 3 is 2.45 bits per heavy atom. The Kier molecular flexibility index (Phi) is 5.75. The highest BCUT2D eigenvalue weighted by Crippen LogP contribution is 2.23. The summed E-state index contributed by atoms with van der Waals surface area (Å²) in [7, 11) is -3.76. The molecule has 1 aliphatic rings. The highest BCUT2D eigenvalue weighted by molar-refractivity contribution is 7.89. The summed E-state index contributed by atoms with van der Waals surface area (Å²) in [6.07, 6.45) is 1.32. The first kappa shape index (κ1) is 21.0. The number of benzene rings is 2. The molecule has 2 heterocycles. The minimum Gasteiger partial charge on any atom is -0.451 e. The third kappa shape index (κ3) is 4.59. The summed E-state index contributed by atoms with van der Waals surface area (Å²) < 4.78 is 33.1. The van der Waals surface area contributed by atoms with E-state index in [0.29, 0.717) is 37.3 Å². The Morgan fingerprint density at radius 2 is 1.81 bits per heavy atom. The monoisotopic (exact) mass is 443 g/mol. The van der Waals surface area contributed by atoms with Gasteiger partial charge in [0.25, 0.3) is 11.6 Å². The number of hydrogen-bond acceptors (Lipinski definition) is 6. The van der Waals surface area contributed by atoms with Crippen molar-refractivity contribution in [1.82, 2.24) is 9.62 Å². The topological polar surface area (TPSA) is 123 Å². The summed E-state index contributed by atoms with van der Waals surface area (Å²) in [4.78, 5) is 24.6. The Bertz CT molecular complexity index is 1180. The minimum absolute atomic E-state index is 0.0180. The molecular formula is C21H21N3O6S. The molecule has 31 heavy (non-hydrogen) atoms. The van der Waals surface area contributed by atoms with Crippen molar-refractivity contribution in [3.05, 3.63) is 70.5 Å². The van der Waals surface area contributed by atoms with Gasteiger partial charge in [0.05, 0.1) is 9.82 Å². The number of para-hydroxylation sites is 1. The van der Waals surface area contributed by atoms with E-state index in [1.807, 2.05) is 24.3 Å². The van der Waals surface area contributed by atoms with Crippen molar-refractivity contribution in [3.63, 3.8) is 0 Å². The van der Waals surface area contributed by atoms with E-state index < -0.39 is 14.9 Å². The summed E-state index contributed by atoms with van der Waals surface area (Å²) in [6.45, 7) is 1.27. The molecule has 1 N–H and O–H groups in total. The lowest BCUT2D eigenvalue weighted by Crippen LogP contribution is -2.41. The van der Waals surface area contributed by atoms with Crippen LogP contribution in [0, 0.1) is 16.0 Å². The number of nitro benzene ring substituents is 1. The first-order chi connectivity index (χ1) is 14.8. The zero-order valence-electron chi connectivity index (χ0n) is 16.6. The first-order valence-electron chi connectivity index (χ1n) is 9.85. The number of amides is 1. The van der Waals surface area contributed by atoms with Crippen LogP contribution >= 0.6 is 0 Å². The van der Waals surface area contributed by atoms with Gasteiger partial charge in [0, 0.05) is 37.2 Å². The van der Waals surface area contributed by atoms with E-state index in [2.05, 4.69) is 4.72 Å². The fraction of sp³-hybridized carbons (Fsp3) is 0.286. The van der Waals surface area contributed by atoms with Crippen LogP contribution in [0.25, 0.3) is 11.0 Å². The van der Waals surface area contributed by atoms with Gasteiger partial charge in [-0.3, -0.25) is 14.9 Å². The lowest BCUT2D eigenvalue weighted by molar-refractivity contribution is -0.384. The van der Waals surface area contributed by atoms with Crippen molar-refractivity contribution in [1.29, 1.82) is 0 Å². The number of rotatable bonds is 6. The van der Waals surface area contributed by atoms with Crippen molar-refractivity contribution in [2.24, 2.45) is 5.92 Å². The fourth-order valence-corrected chi connectivity index (χ4v) is 4.76. The number of furan rings is 1. The van der Waals surface area contributed by atoms with Gasteiger partial charge in [-0.15, -0.1) is 0 Å². The van der Waals surface area contributed by atoms with Gasteiger partial charge >= 0.3 is 0 Å². The van der Waals surface area contributed by atoms with Gasteiger partial charge in [-0.1, -0.05) is 18.2 Å². The number of fused-ring (bicyclic) bond motifs is 1. The molecule has 1 aromatic heterocycles. The van der Waals surface area contributed by atoms with Gasteiger partial charge in [-0.05, 0) is 43.0 Å². The molecule has 10 heteroatoms. The van der Waals surface area contributed by atoms with Crippen LogP contribution in [0.3, 0.4) is 0 Å². The van der Waals surface area contributed by atoms with E-state index in [9.17, 15) is 23.3 Å². The van der Waals surface area contributed by atoms with Crippen LogP contribution in [0.4, 0.5) is 5.69 Å². The third-order valence-corrected chi connectivity index (χ3v) is 6.90. The summed E-state index contributed by atoms with van der Waals surface area (Å²) in [5.41, 5.74) is 0.502. The number of likely N-dealkylation sites (tertiary alicyclic amines) is 1. The Morgan fingerprint density at radius 1 is 1.13 bits per heavy atom. The van der Waals surface area contributed by atoms with Crippen molar-refractivity contribution >= 4 is 32.6 Å². The number of carbonyl (C=O) groups is 1. The van der Waals surface area contributed by atoms with E-state index in [1.165, 1.54) is 12.1 Å². The van der Waals surface area contributed by atoms with Crippen LogP contribution in [0.2, 0.25) is 0 Å². The predicted molar refractivity (Wildman–Crippen MR) is 113 cm³/mol. The lowest BCUT2D eigenvalue weighted by atomic mass is 9.97. The average Bonchev–Trinajstić information content (AvgIpc) is 3.22. The smallest absolute Gasteiger partial charge is 0.289 e. The molecule has 9 nitrogen and oxygen atoms in total. The second kappa shape index (κ2) is 8.48. The molecular weight excluding hydrogens is 422 g/mol. The molecule has 0 bridgehead atoms. The number of nitro groups is 1. The SMILES string of the molecule is O=C(c1cc2ccccc2o1)N1CCC(CNS(=O)(=O)c2ccc([N+](=O)[O-])cc2)CC1. The van der Waals surface area contributed by atoms with E-state index in [4.69, 9.17) is 4.42 Å². The number of hydrogen-bond donors (Lipinski definition) is 1. The number of nitrogens with one attached hydrogen (secondary N) is 1. The van der Waals surface area contributed by atoms with Gasteiger partial charge in [0.2, 0.25) is 10.0 Å². The molecule has 0 saturated carbocycles. The summed E-state index contributed by atoms with van der Waals surface area (Å²) in [5.74, 6) is 0.229. The quantitative estimate of drug-likeness (QED) is 0.461. The minimum atomic E-state index is -3.76. The van der Waals surface area contributed by atoms with Gasteiger partial charge < -0.3 is 9.32 Å². The molecule has 1 amide bonds. The molecule has 0 unspecified atom stereocenters. The Labute approximate surface area is 178 Å². The third-order valence-electron chi connectivity index (χ3n) is 5.46. The number of non-ortho nitro benzene ring substituents is 1. The molecule has 1 aliphatic heterocycles. The maximum atomic E-state index is 12.7. The second-order valence-corrected chi connectivity index (χ2v) is 9.25. The average molecular weight is 443 g/mol. The van der Waals surface area contributed by atoms with E-state index in [0.717, 1.165) is 17.5 Å². The Hall–Kier alpha value is -3.24.